The number of anilines is 1. The lowest BCUT2D eigenvalue weighted by molar-refractivity contribution is -0.112. The highest BCUT2D eigenvalue weighted by Gasteiger charge is 2.16. The van der Waals surface area contributed by atoms with Gasteiger partial charge in [0.15, 0.2) is 0 Å². The SMILES string of the molecule is O=C(Nc1ccc([CH]C2CCCCC2)cc1)C1=Cc2ccccc2CCC1. The molecule has 1 saturated carbocycles. The monoisotopic (exact) mass is 358 g/mol. The standard InChI is InChI=1S/C25H28NO/c27-25(23-12-6-11-21-9-4-5-10-22(21)18-23)26-24-15-13-20(14-16-24)17-19-7-2-1-3-8-19/h4-5,9-10,13-19H,1-3,6-8,11-12H2,(H,26,27). The van der Waals surface area contributed by atoms with E-state index in [2.05, 4.69) is 48.1 Å². The molecule has 0 heterocycles. The molecule has 4 rings (SSSR count). The van der Waals surface area contributed by atoms with Gasteiger partial charge in [-0.15, -0.1) is 0 Å². The van der Waals surface area contributed by atoms with Crippen LogP contribution in [-0.4, -0.2) is 5.91 Å². The van der Waals surface area contributed by atoms with Crippen LogP contribution in [-0.2, 0) is 11.2 Å². The van der Waals surface area contributed by atoms with Crippen molar-refractivity contribution in [1.29, 1.82) is 0 Å². The molecule has 27 heavy (non-hydrogen) atoms. The highest BCUT2D eigenvalue weighted by molar-refractivity contribution is 6.06. The molecule has 1 amide bonds. The fourth-order valence-electron chi connectivity index (χ4n) is 4.27. The van der Waals surface area contributed by atoms with Gasteiger partial charge in [0.1, 0.15) is 0 Å². The normalized spacial score (nSPS) is 17.6. The molecule has 2 aliphatic rings. The summed E-state index contributed by atoms with van der Waals surface area (Å²) in [6.07, 6.45) is 14.1. The number of carbonyl (C=O) groups is 1. The number of hydrogen-bond acceptors (Lipinski definition) is 1. The zero-order chi connectivity index (χ0) is 18.5. The molecule has 0 unspecified atom stereocenters. The zero-order valence-corrected chi connectivity index (χ0v) is 15.9. The summed E-state index contributed by atoms with van der Waals surface area (Å²) in [5.74, 6) is 0.742. The van der Waals surface area contributed by atoms with Crippen LogP contribution >= 0.6 is 0 Å². The number of rotatable bonds is 4. The molecule has 2 nitrogen and oxygen atoms in total. The minimum Gasteiger partial charge on any atom is -0.322 e. The van der Waals surface area contributed by atoms with Gasteiger partial charge in [-0.3, -0.25) is 4.79 Å². The Labute approximate surface area is 162 Å². The van der Waals surface area contributed by atoms with Gasteiger partial charge in [-0.25, -0.2) is 0 Å². The first-order valence-corrected chi connectivity index (χ1v) is 10.3. The Balaban J connectivity index is 1.40. The molecule has 0 saturated heterocycles. The predicted molar refractivity (Wildman–Crippen MR) is 112 cm³/mol. The van der Waals surface area contributed by atoms with Gasteiger partial charge in [-0.2, -0.15) is 0 Å². The summed E-state index contributed by atoms with van der Waals surface area (Å²) in [4.78, 5) is 12.7. The summed E-state index contributed by atoms with van der Waals surface area (Å²) >= 11 is 0. The van der Waals surface area contributed by atoms with E-state index in [-0.39, 0.29) is 5.91 Å². The molecule has 0 aliphatic heterocycles. The van der Waals surface area contributed by atoms with Crippen LogP contribution in [0.25, 0.3) is 6.08 Å². The number of hydrogen-bond donors (Lipinski definition) is 1. The molecule has 2 aromatic rings. The highest BCUT2D eigenvalue weighted by atomic mass is 16.1. The molecule has 0 aromatic heterocycles. The van der Waals surface area contributed by atoms with Crippen LogP contribution in [0, 0.1) is 12.3 Å². The summed E-state index contributed by atoms with van der Waals surface area (Å²) in [6.45, 7) is 0. The van der Waals surface area contributed by atoms with Gasteiger partial charge in [0.2, 0.25) is 0 Å². The Morgan fingerprint density at radius 2 is 1.67 bits per heavy atom. The molecule has 0 spiro atoms. The number of amides is 1. The molecule has 1 N–H and O–H groups in total. The number of nitrogens with one attached hydrogen (secondary N) is 1. The van der Waals surface area contributed by atoms with E-state index in [0.717, 1.165) is 36.4 Å². The minimum absolute atomic E-state index is 0.0238. The van der Waals surface area contributed by atoms with E-state index in [1.807, 2.05) is 18.2 Å². The smallest absolute Gasteiger partial charge is 0.251 e. The maximum absolute atomic E-state index is 12.7. The Kier molecular flexibility index (Phi) is 5.72. The van der Waals surface area contributed by atoms with Crippen molar-refractivity contribution in [2.45, 2.75) is 51.4 Å². The molecule has 2 aliphatic carbocycles. The van der Waals surface area contributed by atoms with Crippen molar-refractivity contribution in [3.8, 4) is 0 Å². The van der Waals surface area contributed by atoms with Gasteiger partial charge >= 0.3 is 0 Å². The Morgan fingerprint density at radius 1 is 0.889 bits per heavy atom. The lowest BCUT2D eigenvalue weighted by Crippen LogP contribution is -2.14. The number of aryl methyl sites for hydroxylation is 1. The molecule has 2 heteroatoms. The van der Waals surface area contributed by atoms with E-state index >= 15 is 0 Å². The third-order valence-corrected chi connectivity index (χ3v) is 5.82. The van der Waals surface area contributed by atoms with Gasteiger partial charge in [0.25, 0.3) is 5.91 Å². The van der Waals surface area contributed by atoms with Crippen LogP contribution in [0.15, 0.2) is 54.1 Å². The van der Waals surface area contributed by atoms with Crippen LogP contribution in [0.1, 0.15) is 61.6 Å². The third-order valence-electron chi connectivity index (χ3n) is 5.82. The number of fused-ring (bicyclic) bond motifs is 1. The lowest BCUT2D eigenvalue weighted by atomic mass is 9.85. The summed E-state index contributed by atoms with van der Waals surface area (Å²) in [7, 11) is 0. The maximum Gasteiger partial charge on any atom is 0.251 e. The van der Waals surface area contributed by atoms with Gasteiger partial charge in [0.05, 0.1) is 0 Å². The van der Waals surface area contributed by atoms with Crippen LogP contribution in [0.5, 0.6) is 0 Å². The van der Waals surface area contributed by atoms with Crippen LogP contribution in [0.2, 0.25) is 0 Å². The second-order valence-electron chi connectivity index (χ2n) is 7.86. The van der Waals surface area contributed by atoms with Crippen molar-refractivity contribution in [3.05, 3.63) is 77.2 Å². The van der Waals surface area contributed by atoms with Gasteiger partial charge in [-0.05, 0) is 79.3 Å². The summed E-state index contributed by atoms with van der Waals surface area (Å²) in [5, 5.41) is 3.08. The third kappa shape index (κ3) is 4.68. The molecular formula is C25H28NO. The fraction of sp³-hybridized carbons (Fsp3) is 0.360. The average Bonchev–Trinajstić information content (AvgIpc) is 2.93. The zero-order valence-electron chi connectivity index (χ0n) is 15.9. The van der Waals surface area contributed by atoms with Crippen molar-refractivity contribution in [1.82, 2.24) is 0 Å². The molecule has 2 aromatic carbocycles. The lowest BCUT2D eigenvalue weighted by Gasteiger charge is -2.21. The van der Waals surface area contributed by atoms with Crippen molar-refractivity contribution in [2.24, 2.45) is 5.92 Å². The van der Waals surface area contributed by atoms with Gasteiger partial charge in [-0.1, -0.05) is 55.7 Å². The Morgan fingerprint density at radius 3 is 2.48 bits per heavy atom. The molecule has 139 valence electrons. The molecular weight excluding hydrogens is 330 g/mol. The number of carbonyl (C=O) groups excluding carboxylic acids is 1. The molecule has 1 fully saturated rings. The van der Waals surface area contributed by atoms with E-state index in [1.165, 1.54) is 48.8 Å². The van der Waals surface area contributed by atoms with Crippen molar-refractivity contribution in [3.63, 3.8) is 0 Å². The van der Waals surface area contributed by atoms with Crippen molar-refractivity contribution >= 4 is 17.7 Å². The summed E-state index contributed by atoms with van der Waals surface area (Å²) in [6, 6.07) is 16.7. The van der Waals surface area contributed by atoms with E-state index < -0.39 is 0 Å². The quantitative estimate of drug-likeness (QED) is 0.695. The van der Waals surface area contributed by atoms with Crippen molar-refractivity contribution < 1.29 is 4.79 Å². The van der Waals surface area contributed by atoms with Gasteiger partial charge < -0.3 is 5.32 Å². The van der Waals surface area contributed by atoms with E-state index in [4.69, 9.17) is 0 Å². The van der Waals surface area contributed by atoms with E-state index in [9.17, 15) is 4.79 Å². The summed E-state index contributed by atoms with van der Waals surface area (Å²) < 4.78 is 0. The first kappa shape index (κ1) is 18.0. The minimum atomic E-state index is 0.0238. The predicted octanol–water partition coefficient (Wildman–Crippen LogP) is 6.18. The Bertz CT molecular complexity index is 812. The Hall–Kier alpha value is -2.35. The second-order valence-corrected chi connectivity index (χ2v) is 7.86. The van der Waals surface area contributed by atoms with Crippen molar-refractivity contribution in [2.75, 3.05) is 5.32 Å². The highest BCUT2D eigenvalue weighted by Crippen LogP contribution is 2.29. The van der Waals surface area contributed by atoms with E-state index in [0.29, 0.717) is 0 Å². The summed E-state index contributed by atoms with van der Waals surface area (Å²) in [5.41, 5.74) is 5.53. The largest absolute Gasteiger partial charge is 0.322 e. The van der Waals surface area contributed by atoms with E-state index in [1.54, 1.807) is 0 Å². The van der Waals surface area contributed by atoms with Crippen LogP contribution in [0.4, 0.5) is 5.69 Å². The molecule has 1 radical (unpaired) electrons. The maximum atomic E-state index is 12.7. The van der Waals surface area contributed by atoms with Crippen LogP contribution < -0.4 is 5.32 Å². The topological polar surface area (TPSA) is 29.1 Å². The molecule has 0 atom stereocenters. The second kappa shape index (κ2) is 8.56. The first-order chi connectivity index (χ1) is 13.3. The fourth-order valence-corrected chi connectivity index (χ4v) is 4.27. The average molecular weight is 359 g/mol. The molecule has 0 bridgehead atoms. The van der Waals surface area contributed by atoms with Crippen LogP contribution in [0.3, 0.4) is 0 Å². The van der Waals surface area contributed by atoms with Gasteiger partial charge in [0, 0.05) is 11.3 Å². The first-order valence-electron chi connectivity index (χ1n) is 10.3. The number of benzene rings is 2.